The van der Waals surface area contributed by atoms with Crippen LogP contribution in [0.2, 0.25) is 0 Å². The lowest BCUT2D eigenvalue weighted by Crippen LogP contribution is -2.47. The number of hydrogen-bond acceptors (Lipinski definition) is 5. The molecule has 1 aliphatic rings. The molecule has 1 fully saturated rings. The van der Waals surface area contributed by atoms with Gasteiger partial charge in [0.15, 0.2) is 0 Å². The van der Waals surface area contributed by atoms with Gasteiger partial charge in [0.05, 0.1) is 31.8 Å². The molecule has 0 radical (unpaired) electrons. The van der Waals surface area contributed by atoms with Gasteiger partial charge in [0.1, 0.15) is 6.79 Å². The second-order valence-electron chi connectivity index (χ2n) is 5.29. The second-order valence-corrected chi connectivity index (χ2v) is 5.29. The van der Waals surface area contributed by atoms with Gasteiger partial charge in [-0.3, -0.25) is 4.79 Å². The highest BCUT2D eigenvalue weighted by atomic mass is 16.6. The summed E-state index contributed by atoms with van der Waals surface area (Å²) in [5.74, 6) is 0.821. The lowest BCUT2D eigenvalue weighted by Gasteiger charge is -2.43. The molecule has 0 unspecified atom stereocenters. The van der Waals surface area contributed by atoms with E-state index in [1.807, 2.05) is 0 Å². The number of aliphatic hydroxyl groups is 1. The van der Waals surface area contributed by atoms with Gasteiger partial charge in [-0.1, -0.05) is 20.8 Å². The van der Waals surface area contributed by atoms with E-state index in [0.29, 0.717) is 25.0 Å². The van der Waals surface area contributed by atoms with Crippen molar-refractivity contribution in [3.05, 3.63) is 0 Å². The standard InChI is InChI=1S/C14H26O5/c1-5-18-14(16)6-12-10(3)9(2)11(4)13(19-12)7-17-8-15/h9-13,15H,5-8H2,1-4H3/t9-,10-,11+,12+,13-/m1/s1/i15T. The van der Waals surface area contributed by atoms with Crippen LogP contribution in [0, 0.1) is 17.8 Å². The molecule has 1 saturated heterocycles. The normalized spacial score (nSPS) is 35.8. The Kier molecular flexibility index (Phi) is 6.07. The van der Waals surface area contributed by atoms with Gasteiger partial charge in [-0.05, 0) is 24.7 Å². The Morgan fingerprint density at radius 2 is 1.95 bits per heavy atom. The van der Waals surface area contributed by atoms with Crippen LogP contribution in [0.1, 0.15) is 34.1 Å². The Bertz CT molecular complexity index is 299. The lowest BCUT2D eigenvalue weighted by atomic mass is 9.76. The van der Waals surface area contributed by atoms with Crippen molar-refractivity contribution in [2.24, 2.45) is 17.8 Å². The van der Waals surface area contributed by atoms with E-state index in [9.17, 15) is 4.79 Å². The van der Waals surface area contributed by atoms with Crippen molar-refractivity contribution in [1.82, 2.24) is 0 Å². The third-order valence-electron chi connectivity index (χ3n) is 4.22. The summed E-state index contributed by atoms with van der Waals surface area (Å²) in [6.07, 6.45) is 0.0406. The average Bonchev–Trinajstić information content (AvgIpc) is 2.42. The van der Waals surface area contributed by atoms with Crippen LogP contribution >= 0.6 is 0 Å². The van der Waals surface area contributed by atoms with E-state index in [4.69, 9.17) is 15.6 Å². The largest absolute Gasteiger partial charge is 0.466 e. The highest BCUT2D eigenvalue weighted by molar-refractivity contribution is 5.70. The van der Waals surface area contributed by atoms with Crippen LogP contribution in [0.4, 0.5) is 0 Å². The quantitative estimate of drug-likeness (QED) is 0.434. The van der Waals surface area contributed by atoms with Crippen LogP contribution in [0.5, 0.6) is 0 Å². The smallest absolute Gasteiger partial charge is 0.308 e. The summed E-state index contributed by atoms with van der Waals surface area (Å²) in [6.45, 7) is 8.89. The van der Waals surface area contributed by atoms with Gasteiger partial charge in [0.2, 0.25) is 1.43 Å². The van der Waals surface area contributed by atoms with Crippen molar-refractivity contribution in [2.45, 2.75) is 46.3 Å². The molecule has 0 saturated carbocycles. The van der Waals surface area contributed by atoms with E-state index in [1.165, 1.54) is 0 Å². The number of carbonyl (C=O) groups is 1. The lowest BCUT2D eigenvalue weighted by molar-refractivity contribution is -0.177. The molecule has 1 heterocycles. The molecular formula is C14H26O5. The van der Waals surface area contributed by atoms with E-state index < -0.39 is 0 Å². The fourth-order valence-corrected chi connectivity index (χ4v) is 2.60. The molecule has 112 valence electrons. The zero-order chi connectivity index (χ0) is 15.1. The molecular weight excluding hydrogens is 248 g/mol. The molecule has 0 amide bonds. The van der Waals surface area contributed by atoms with Crippen molar-refractivity contribution in [1.29, 1.82) is 1.43 Å². The maximum absolute atomic E-state index is 11.6. The molecule has 0 aliphatic carbocycles. The molecule has 0 aromatic rings. The summed E-state index contributed by atoms with van der Waals surface area (Å²) >= 11 is 0. The second kappa shape index (κ2) is 7.82. The number of rotatable bonds is 7. The minimum absolute atomic E-state index is 0.0704. The van der Waals surface area contributed by atoms with Crippen LogP contribution in [0.3, 0.4) is 0 Å². The van der Waals surface area contributed by atoms with Crippen molar-refractivity contribution in [2.75, 3.05) is 20.0 Å². The first-order valence-electron chi connectivity index (χ1n) is 7.39. The van der Waals surface area contributed by atoms with Gasteiger partial charge in [-0.15, -0.1) is 0 Å². The SMILES string of the molecule is [3H]OCOC[C@H]1O[C@@H](CC(=O)OCC)[C@H](C)[C@@H](C)[C@@H]1C. The van der Waals surface area contributed by atoms with Gasteiger partial charge < -0.3 is 19.3 Å². The first-order chi connectivity index (χ1) is 9.51. The summed E-state index contributed by atoms with van der Waals surface area (Å²) in [5.41, 5.74) is 0. The molecule has 1 N–H and O–H groups in total. The molecule has 19 heavy (non-hydrogen) atoms. The van der Waals surface area contributed by atoms with Crippen molar-refractivity contribution in [3.63, 3.8) is 0 Å². The van der Waals surface area contributed by atoms with Gasteiger partial charge in [-0.25, -0.2) is 0 Å². The Hall–Kier alpha value is -0.650. The predicted molar refractivity (Wildman–Crippen MR) is 70.4 cm³/mol. The van der Waals surface area contributed by atoms with E-state index >= 15 is 0 Å². The number of hydrogen-bond donors (Lipinski definition) is 1. The Morgan fingerprint density at radius 3 is 2.58 bits per heavy atom. The van der Waals surface area contributed by atoms with Crippen LogP contribution < -0.4 is 0 Å². The van der Waals surface area contributed by atoms with Crippen LogP contribution in [0.15, 0.2) is 0 Å². The summed E-state index contributed by atoms with van der Waals surface area (Å²) in [7, 11) is 0. The molecule has 5 nitrogen and oxygen atoms in total. The van der Waals surface area contributed by atoms with Crippen LogP contribution in [-0.4, -0.2) is 44.7 Å². The molecule has 1 rings (SSSR count). The maximum atomic E-state index is 11.6. The minimum Gasteiger partial charge on any atom is -0.466 e. The molecule has 0 spiro atoms. The van der Waals surface area contributed by atoms with Gasteiger partial charge in [0.25, 0.3) is 0 Å². The Labute approximate surface area is 116 Å². The highest BCUT2D eigenvalue weighted by Crippen LogP contribution is 2.36. The number of carbonyl (C=O) groups excluding carboxylic acids is 1. The van der Waals surface area contributed by atoms with Gasteiger partial charge >= 0.3 is 5.97 Å². The summed E-state index contributed by atoms with van der Waals surface area (Å²) in [6, 6.07) is 0. The topological polar surface area (TPSA) is 65.0 Å². The molecule has 5 atom stereocenters. The van der Waals surface area contributed by atoms with Gasteiger partial charge in [0, 0.05) is 0 Å². The molecule has 1 aliphatic heterocycles. The molecule has 0 aromatic heterocycles. The number of esters is 1. The molecule has 5 heteroatoms. The fraction of sp³-hybridized carbons (Fsp3) is 0.929. The highest BCUT2D eigenvalue weighted by Gasteiger charge is 2.39. The van der Waals surface area contributed by atoms with Crippen LogP contribution in [0.25, 0.3) is 0 Å². The van der Waals surface area contributed by atoms with Gasteiger partial charge in [-0.2, -0.15) is 0 Å². The maximum Gasteiger partial charge on any atom is 0.308 e. The number of ether oxygens (including phenoxy) is 3. The first-order valence-corrected chi connectivity index (χ1v) is 6.98. The van der Waals surface area contributed by atoms with Crippen molar-refractivity contribution < 1.29 is 24.1 Å². The zero-order valence-corrected chi connectivity index (χ0v) is 12.3. The molecule has 0 bridgehead atoms. The fourth-order valence-electron chi connectivity index (χ4n) is 2.60. The Morgan fingerprint density at radius 1 is 1.26 bits per heavy atom. The van der Waals surface area contributed by atoms with E-state index in [2.05, 4.69) is 25.9 Å². The van der Waals surface area contributed by atoms with Crippen molar-refractivity contribution in [3.8, 4) is 0 Å². The zero-order valence-electron chi connectivity index (χ0n) is 13.3. The van der Waals surface area contributed by atoms with E-state index in [0.717, 1.165) is 0 Å². The number of aliphatic hydroxyl groups excluding tert-OH is 1. The third-order valence-corrected chi connectivity index (χ3v) is 4.22. The minimum atomic E-state index is -0.222. The monoisotopic (exact) mass is 276 g/mol. The predicted octanol–water partition coefficient (Wildman–Crippen LogP) is 1.58. The van der Waals surface area contributed by atoms with E-state index in [-0.39, 0.29) is 37.3 Å². The first kappa shape index (κ1) is 14.8. The third kappa shape index (κ3) is 4.44. The van der Waals surface area contributed by atoms with E-state index in [1.54, 1.807) is 6.92 Å². The summed E-state index contributed by atoms with van der Waals surface area (Å²) < 4.78 is 22.8. The summed E-state index contributed by atoms with van der Waals surface area (Å²) in [4.78, 5) is 11.6. The average molecular weight is 276 g/mol. The van der Waals surface area contributed by atoms with Crippen molar-refractivity contribution >= 4 is 5.97 Å². The van der Waals surface area contributed by atoms with Crippen LogP contribution in [-0.2, 0) is 19.0 Å². The molecule has 0 aromatic carbocycles. The summed E-state index contributed by atoms with van der Waals surface area (Å²) in [5, 5.41) is 4.14. The Balaban J connectivity index is 2.58.